The molecular weight excluding hydrogens is 268 g/mol. The normalized spacial score (nSPS) is 10.7. The number of benzene rings is 2. The van der Waals surface area contributed by atoms with E-state index < -0.39 is 0 Å². The van der Waals surface area contributed by atoms with E-state index in [0.29, 0.717) is 4.88 Å². The van der Waals surface area contributed by atoms with Gasteiger partial charge >= 0.3 is 5.97 Å². The average Bonchev–Trinajstić information content (AvgIpc) is 2.91. The topological polar surface area (TPSA) is 26.3 Å². The second kappa shape index (κ2) is 5.10. The highest BCUT2D eigenvalue weighted by molar-refractivity contribution is 7.20. The fourth-order valence-electron chi connectivity index (χ4n) is 2.37. The highest BCUT2D eigenvalue weighted by atomic mass is 32.1. The Morgan fingerprint density at radius 2 is 1.80 bits per heavy atom. The van der Waals surface area contributed by atoms with Crippen molar-refractivity contribution in [3.05, 3.63) is 59.0 Å². The fourth-order valence-corrected chi connectivity index (χ4v) is 3.38. The number of hydrogen-bond donors (Lipinski definition) is 0. The molecule has 0 bridgehead atoms. The molecule has 0 saturated carbocycles. The molecule has 1 aromatic heterocycles. The molecule has 0 amide bonds. The number of rotatable bonds is 2. The van der Waals surface area contributed by atoms with Crippen molar-refractivity contribution in [2.45, 2.75) is 6.92 Å². The summed E-state index contributed by atoms with van der Waals surface area (Å²) in [6.45, 7) is 2.10. The van der Waals surface area contributed by atoms with Crippen LogP contribution in [0.5, 0.6) is 0 Å². The van der Waals surface area contributed by atoms with E-state index >= 15 is 0 Å². The van der Waals surface area contributed by atoms with Gasteiger partial charge in [0.25, 0.3) is 0 Å². The molecule has 0 fully saturated rings. The van der Waals surface area contributed by atoms with E-state index in [4.69, 9.17) is 4.74 Å². The molecule has 3 rings (SSSR count). The van der Waals surface area contributed by atoms with Gasteiger partial charge in [0, 0.05) is 10.1 Å². The molecule has 20 heavy (non-hydrogen) atoms. The molecular formula is C17H14O2S. The molecule has 0 aliphatic rings. The van der Waals surface area contributed by atoms with Crippen LogP contribution < -0.4 is 0 Å². The molecule has 0 spiro atoms. The zero-order valence-corrected chi connectivity index (χ0v) is 12.2. The molecule has 0 saturated heterocycles. The lowest BCUT2D eigenvalue weighted by molar-refractivity contribution is 0.0606. The molecule has 100 valence electrons. The Kier molecular flexibility index (Phi) is 3.28. The fraction of sp³-hybridized carbons (Fsp3) is 0.118. The van der Waals surface area contributed by atoms with Crippen LogP contribution in [0.15, 0.2) is 48.5 Å². The first-order valence-electron chi connectivity index (χ1n) is 6.37. The molecule has 1 heterocycles. The lowest BCUT2D eigenvalue weighted by atomic mass is 9.98. The minimum Gasteiger partial charge on any atom is -0.465 e. The molecule has 3 aromatic rings. The van der Waals surface area contributed by atoms with Crippen LogP contribution in [0.25, 0.3) is 21.2 Å². The number of fused-ring (bicyclic) bond motifs is 1. The van der Waals surface area contributed by atoms with Crippen molar-refractivity contribution in [3.8, 4) is 11.1 Å². The summed E-state index contributed by atoms with van der Waals surface area (Å²) in [6, 6.07) is 16.4. The van der Waals surface area contributed by atoms with Crippen molar-refractivity contribution in [1.82, 2.24) is 0 Å². The maximum atomic E-state index is 11.7. The van der Waals surface area contributed by atoms with Gasteiger partial charge in [-0.05, 0) is 35.7 Å². The van der Waals surface area contributed by atoms with E-state index in [-0.39, 0.29) is 5.97 Å². The van der Waals surface area contributed by atoms with Gasteiger partial charge in [-0.25, -0.2) is 4.79 Å². The summed E-state index contributed by atoms with van der Waals surface area (Å²) < 4.78 is 5.91. The van der Waals surface area contributed by atoms with Gasteiger partial charge in [0.05, 0.1) is 7.11 Å². The third kappa shape index (κ3) is 2.10. The highest BCUT2D eigenvalue weighted by Crippen LogP contribution is 2.35. The smallest absolute Gasteiger partial charge is 0.348 e. The van der Waals surface area contributed by atoms with Crippen LogP contribution in [0, 0.1) is 6.92 Å². The van der Waals surface area contributed by atoms with Crippen LogP contribution in [0.4, 0.5) is 0 Å². The number of thiophene rings is 1. The Morgan fingerprint density at radius 1 is 1.05 bits per heavy atom. The number of carbonyl (C=O) groups is 1. The number of hydrogen-bond acceptors (Lipinski definition) is 3. The number of ether oxygens (including phenoxy) is 1. The highest BCUT2D eigenvalue weighted by Gasteiger charge is 2.13. The Bertz CT molecular complexity index is 787. The van der Waals surface area contributed by atoms with E-state index in [9.17, 15) is 4.79 Å². The van der Waals surface area contributed by atoms with Gasteiger partial charge in [0.2, 0.25) is 0 Å². The summed E-state index contributed by atoms with van der Waals surface area (Å²) >= 11 is 1.47. The summed E-state index contributed by atoms with van der Waals surface area (Å²) in [6.07, 6.45) is 0. The van der Waals surface area contributed by atoms with Crippen LogP contribution in [0.3, 0.4) is 0 Å². The lowest BCUT2D eigenvalue weighted by Crippen LogP contribution is -1.96. The van der Waals surface area contributed by atoms with Crippen LogP contribution in [0.1, 0.15) is 15.2 Å². The Labute approximate surface area is 121 Å². The minimum absolute atomic E-state index is 0.276. The quantitative estimate of drug-likeness (QED) is 0.639. The van der Waals surface area contributed by atoms with Crippen LogP contribution in [-0.2, 0) is 4.74 Å². The van der Waals surface area contributed by atoms with Crippen LogP contribution in [-0.4, -0.2) is 13.1 Å². The second-order valence-corrected chi connectivity index (χ2v) is 5.72. The standard InChI is InChI=1S/C17H14O2S/c1-11-6-3-4-7-12(11)13-8-5-9-15-14(13)10-16(20-15)17(18)19-2/h3-10H,1-2H3. The van der Waals surface area contributed by atoms with Crippen molar-refractivity contribution in [1.29, 1.82) is 0 Å². The van der Waals surface area contributed by atoms with Gasteiger partial charge in [-0.1, -0.05) is 36.4 Å². The zero-order valence-electron chi connectivity index (χ0n) is 11.3. The monoisotopic (exact) mass is 282 g/mol. The summed E-state index contributed by atoms with van der Waals surface area (Å²) in [5.74, 6) is -0.276. The van der Waals surface area contributed by atoms with Gasteiger partial charge in [-0.3, -0.25) is 0 Å². The summed E-state index contributed by atoms with van der Waals surface area (Å²) in [5, 5.41) is 1.10. The number of aryl methyl sites for hydroxylation is 1. The Balaban J connectivity index is 2.24. The van der Waals surface area contributed by atoms with Gasteiger partial charge in [0.1, 0.15) is 4.88 Å². The van der Waals surface area contributed by atoms with E-state index in [1.807, 2.05) is 30.3 Å². The molecule has 0 aliphatic heterocycles. The summed E-state index contributed by atoms with van der Waals surface area (Å²) in [7, 11) is 1.41. The Hall–Kier alpha value is -2.13. The van der Waals surface area contributed by atoms with Gasteiger partial charge in [-0.2, -0.15) is 0 Å². The molecule has 0 atom stereocenters. The third-order valence-electron chi connectivity index (χ3n) is 3.38. The molecule has 0 unspecified atom stereocenters. The average molecular weight is 282 g/mol. The van der Waals surface area contributed by atoms with Gasteiger partial charge < -0.3 is 4.74 Å². The Morgan fingerprint density at radius 3 is 2.55 bits per heavy atom. The van der Waals surface area contributed by atoms with Crippen molar-refractivity contribution >= 4 is 27.4 Å². The van der Waals surface area contributed by atoms with Crippen molar-refractivity contribution in [3.63, 3.8) is 0 Å². The predicted octanol–water partition coefficient (Wildman–Crippen LogP) is 4.66. The van der Waals surface area contributed by atoms with E-state index in [2.05, 4.69) is 25.1 Å². The van der Waals surface area contributed by atoms with Gasteiger partial charge in [-0.15, -0.1) is 11.3 Å². The van der Waals surface area contributed by atoms with Crippen molar-refractivity contribution in [2.24, 2.45) is 0 Å². The molecule has 2 aromatic carbocycles. The molecule has 3 heteroatoms. The first-order chi connectivity index (χ1) is 9.70. The number of methoxy groups -OCH3 is 1. The molecule has 0 radical (unpaired) electrons. The molecule has 2 nitrogen and oxygen atoms in total. The third-order valence-corrected chi connectivity index (χ3v) is 4.46. The summed E-state index contributed by atoms with van der Waals surface area (Å²) in [5.41, 5.74) is 3.59. The molecule has 0 aliphatic carbocycles. The van der Waals surface area contributed by atoms with Crippen LogP contribution >= 0.6 is 11.3 Å². The minimum atomic E-state index is -0.276. The molecule has 0 N–H and O–H groups in total. The zero-order chi connectivity index (χ0) is 14.1. The predicted molar refractivity (Wildman–Crippen MR) is 83.3 cm³/mol. The maximum Gasteiger partial charge on any atom is 0.348 e. The van der Waals surface area contributed by atoms with E-state index in [1.165, 1.54) is 29.6 Å². The maximum absolute atomic E-state index is 11.7. The van der Waals surface area contributed by atoms with Gasteiger partial charge in [0.15, 0.2) is 0 Å². The first-order valence-corrected chi connectivity index (χ1v) is 7.19. The first kappa shape index (κ1) is 12.9. The largest absolute Gasteiger partial charge is 0.465 e. The lowest BCUT2D eigenvalue weighted by Gasteiger charge is -2.06. The number of esters is 1. The van der Waals surface area contributed by atoms with E-state index in [1.54, 1.807) is 0 Å². The van der Waals surface area contributed by atoms with Crippen molar-refractivity contribution in [2.75, 3.05) is 7.11 Å². The second-order valence-electron chi connectivity index (χ2n) is 4.63. The SMILES string of the molecule is COC(=O)c1cc2c(-c3ccccc3C)cccc2s1. The van der Waals surface area contributed by atoms with Crippen molar-refractivity contribution < 1.29 is 9.53 Å². The van der Waals surface area contributed by atoms with E-state index in [0.717, 1.165) is 15.6 Å². The number of carbonyl (C=O) groups excluding carboxylic acids is 1. The van der Waals surface area contributed by atoms with Crippen LogP contribution in [0.2, 0.25) is 0 Å². The summed E-state index contributed by atoms with van der Waals surface area (Å²) in [4.78, 5) is 12.3.